The highest BCUT2D eigenvalue weighted by Gasteiger charge is 2.27. The fraction of sp³-hybridized carbons (Fsp3) is 0.533. The number of ether oxygens (including phenoxy) is 1. The first-order valence-electron chi connectivity index (χ1n) is 7.62. The van der Waals surface area contributed by atoms with E-state index in [-0.39, 0.29) is 10.8 Å². The average molecular weight is 324 g/mol. The molecule has 0 spiro atoms. The third-order valence-corrected chi connectivity index (χ3v) is 5.49. The lowest BCUT2D eigenvalue weighted by atomic mass is 10.1. The standard InChI is InChI=1S/C15H20N2O4S/c18-15-13(5-1-2-8-16-15)17-22(19,20)12-6-7-14-11(10-12)4-3-9-21-14/h6-7,10,13,17H,1-5,8-9H2,(H,16,18). The van der Waals surface area contributed by atoms with Crippen molar-refractivity contribution in [2.24, 2.45) is 0 Å². The molecule has 0 bridgehead atoms. The molecule has 2 aliphatic rings. The quantitative estimate of drug-likeness (QED) is 0.867. The Balaban J connectivity index is 1.81. The van der Waals surface area contributed by atoms with E-state index in [1.54, 1.807) is 12.1 Å². The Labute approximate surface area is 130 Å². The van der Waals surface area contributed by atoms with Crippen molar-refractivity contribution in [3.8, 4) is 5.75 Å². The van der Waals surface area contributed by atoms with E-state index in [0.717, 1.165) is 37.0 Å². The number of hydrogen-bond donors (Lipinski definition) is 2. The van der Waals surface area contributed by atoms with Crippen molar-refractivity contribution >= 4 is 15.9 Å². The SMILES string of the molecule is O=C1NCCCCC1NS(=O)(=O)c1ccc2c(c1)CCCO2. The summed E-state index contributed by atoms with van der Waals surface area (Å²) >= 11 is 0. The molecule has 0 aromatic heterocycles. The summed E-state index contributed by atoms with van der Waals surface area (Å²) in [6.07, 6.45) is 3.92. The summed E-state index contributed by atoms with van der Waals surface area (Å²) in [6.45, 7) is 1.27. The Morgan fingerprint density at radius 1 is 1.23 bits per heavy atom. The maximum Gasteiger partial charge on any atom is 0.241 e. The van der Waals surface area contributed by atoms with Crippen LogP contribution in [-0.2, 0) is 21.2 Å². The van der Waals surface area contributed by atoms with E-state index >= 15 is 0 Å². The van der Waals surface area contributed by atoms with Crippen molar-refractivity contribution in [1.82, 2.24) is 10.0 Å². The van der Waals surface area contributed by atoms with E-state index in [1.807, 2.05) is 0 Å². The second-order valence-corrected chi connectivity index (χ2v) is 7.40. The van der Waals surface area contributed by atoms with Crippen molar-refractivity contribution < 1.29 is 17.9 Å². The lowest BCUT2D eigenvalue weighted by Gasteiger charge is -2.19. The van der Waals surface area contributed by atoms with Gasteiger partial charge in [-0.05, 0) is 55.9 Å². The number of amides is 1. The first kappa shape index (κ1) is 15.3. The molecule has 1 amide bonds. The van der Waals surface area contributed by atoms with E-state index in [2.05, 4.69) is 10.0 Å². The first-order chi connectivity index (χ1) is 10.6. The molecule has 1 unspecified atom stereocenters. The van der Waals surface area contributed by atoms with Crippen LogP contribution in [0.5, 0.6) is 5.75 Å². The number of nitrogens with one attached hydrogen (secondary N) is 2. The zero-order chi connectivity index (χ0) is 15.6. The van der Waals surface area contributed by atoms with Gasteiger partial charge in [0.15, 0.2) is 0 Å². The van der Waals surface area contributed by atoms with Crippen LogP contribution in [0.25, 0.3) is 0 Å². The van der Waals surface area contributed by atoms with Crippen molar-refractivity contribution in [2.75, 3.05) is 13.2 Å². The molecule has 2 aliphatic heterocycles. The molecular weight excluding hydrogens is 304 g/mol. The molecule has 1 atom stereocenters. The summed E-state index contributed by atoms with van der Waals surface area (Å²) in [7, 11) is -3.71. The summed E-state index contributed by atoms with van der Waals surface area (Å²) < 4.78 is 33.0. The Bertz CT molecular complexity index is 672. The number of hydrogen-bond acceptors (Lipinski definition) is 4. The van der Waals surface area contributed by atoms with Gasteiger partial charge in [-0.1, -0.05) is 0 Å². The third-order valence-electron chi connectivity index (χ3n) is 4.02. The van der Waals surface area contributed by atoms with E-state index in [4.69, 9.17) is 4.74 Å². The lowest BCUT2D eigenvalue weighted by molar-refractivity contribution is -0.122. The molecule has 7 heteroatoms. The normalized spacial score (nSPS) is 22.2. The fourth-order valence-corrected chi connectivity index (χ4v) is 4.09. The molecule has 2 heterocycles. The molecule has 0 aliphatic carbocycles. The van der Waals surface area contributed by atoms with E-state index in [9.17, 15) is 13.2 Å². The minimum absolute atomic E-state index is 0.189. The smallest absolute Gasteiger partial charge is 0.241 e. The van der Waals surface area contributed by atoms with Gasteiger partial charge in [-0.15, -0.1) is 0 Å². The van der Waals surface area contributed by atoms with Crippen LogP contribution >= 0.6 is 0 Å². The van der Waals surface area contributed by atoms with Crippen LogP contribution in [0.2, 0.25) is 0 Å². The largest absolute Gasteiger partial charge is 0.493 e. The summed E-state index contributed by atoms with van der Waals surface area (Å²) in [4.78, 5) is 12.1. The van der Waals surface area contributed by atoms with Gasteiger partial charge in [-0.2, -0.15) is 4.72 Å². The van der Waals surface area contributed by atoms with Crippen molar-refractivity contribution in [1.29, 1.82) is 0 Å². The minimum atomic E-state index is -3.71. The number of carbonyl (C=O) groups excluding carboxylic acids is 1. The predicted molar refractivity (Wildman–Crippen MR) is 81.2 cm³/mol. The van der Waals surface area contributed by atoms with E-state index < -0.39 is 16.1 Å². The molecule has 1 saturated heterocycles. The Kier molecular flexibility index (Phi) is 4.35. The summed E-state index contributed by atoms with van der Waals surface area (Å²) in [5.74, 6) is 0.500. The Morgan fingerprint density at radius 3 is 2.95 bits per heavy atom. The molecular formula is C15H20N2O4S. The highest BCUT2D eigenvalue weighted by atomic mass is 32.2. The highest BCUT2D eigenvalue weighted by molar-refractivity contribution is 7.89. The number of rotatable bonds is 3. The molecule has 6 nitrogen and oxygen atoms in total. The molecule has 1 aromatic carbocycles. The number of carbonyl (C=O) groups is 1. The monoisotopic (exact) mass is 324 g/mol. The Hall–Kier alpha value is -1.60. The molecule has 22 heavy (non-hydrogen) atoms. The van der Waals surface area contributed by atoms with Crippen molar-refractivity contribution in [3.63, 3.8) is 0 Å². The van der Waals surface area contributed by atoms with Gasteiger partial charge in [0, 0.05) is 6.54 Å². The number of sulfonamides is 1. The van der Waals surface area contributed by atoms with Crippen LogP contribution in [0.4, 0.5) is 0 Å². The van der Waals surface area contributed by atoms with E-state index in [0.29, 0.717) is 19.6 Å². The van der Waals surface area contributed by atoms with Gasteiger partial charge in [-0.25, -0.2) is 8.42 Å². The molecule has 2 N–H and O–H groups in total. The van der Waals surface area contributed by atoms with Gasteiger partial charge >= 0.3 is 0 Å². The van der Waals surface area contributed by atoms with Gasteiger partial charge in [0.2, 0.25) is 15.9 Å². The van der Waals surface area contributed by atoms with Gasteiger partial charge in [0.1, 0.15) is 11.8 Å². The topological polar surface area (TPSA) is 84.5 Å². The molecule has 1 fully saturated rings. The minimum Gasteiger partial charge on any atom is -0.493 e. The summed E-state index contributed by atoms with van der Waals surface area (Å²) in [6, 6.07) is 4.17. The van der Waals surface area contributed by atoms with Crippen LogP contribution in [0.1, 0.15) is 31.2 Å². The molecule has 0 radical (unpaired) electrons. The van der Waals surface area contributed by atoms with Gasteiger partial charge in [0.05, 0.1) is 11.5 Å². The van der Waals surface area contributed by atoms with Crippen molar-refractivity contribution in [2.45, 2.75) is 43.0 Å². The van der Waals surface area contributed by atoms with Crippen LogP contribution in [-0.4, -0.2) is 33.5 Å². The molecule has 1 aromatic rings. The number of benzene rings is 1. The maximum absolute atomic E-state index is 12.5. The van der Waals surface area contributed by atoms with Crippen LogP contribution in [0, 0.1) is 0 Å². The van der Waals surface area contributed by atoms with E-state index in [1.165, 1.54) is 6.07 Å². The second kappa shape index (κ2) is 6.26. The zero-order valence-electron chi connectivity index (χ0n) is 12.3. The summed E-state index contributed by atoms with van der Waals surface area (Å²) in [5, 5.41) is 2.73. The average Bonchev–Trinajstić information content (AvgIpc) is 2.71. The maximum atomic E-state index is 12.5. The highest BCUT2D eigenvalue weighted by Crippen LogP contribution is 2.27. The molecule has 3 rings (SSSR count). The lowest BCUT2D eigenvalue weighted by Crippen LogP contribution is -2.45. The third kappa shape index (κ3) is 3.25. The van der Waals surface area contributed by atoms with Crippen LogP contribution in [0.3, 0.4) is 0 Å². The van der Waals surface area contributed by atoms with Gasteiger partial charge in [-0.3, -0.25) is 4.79 Å². The Morgan fingerprint density at radius 2 is 2.09 bits per heavy atom. The predicted octanol–water partition coefficient (Wildman–Crippen LogP) is 0.959. The first-order valence-corrected chi connectivity index (χ1v) is 9.10. The van der Waals surface area contributed by atoms with Gasteiger partial charge in [0.25, 0.3) is 0 Å². The van der Waals surface area contributed by atoms with Crippen LogP contribution in [0.15, 0.2) is 23.1 Å². The van der Waals surface area contributed by atoms with Gasteiger partial charge < -0.3 is 10.1 Å². The molecule has 0 saturated carbocycles. The van der Waals surface area contributed by atoms with Crippen molar-refractivity contribution in [3.05, 3.63) is 23.8 Å². The number of fused-ring (bicyclic) bond motifs is 1. The second-order valence-electron chi connectivity index (χ2n) is 5.68. The summed E-state index contributed by atoms with van der Waals surface area (Å²) in [5.41, 5.74) is 0.902. The number of aryl methyl sites for hydroxylation is 1. The zero-order valence-corrected chi connectivity index (χ0v) is 13.1. The molecule has 120 valence electrons. The fourth-order valence-electron chi connectivity index (χ4n) is 2.81. The van der Waals surface area contributed by atoms with Crippen LogP contribution < -0.4 is 14.8 Å².